The molecule has 0 aliphatic carbocycles. The molecule has 7 nitrogen and oxygen atoms in total. The summed E-state index contributed by atoms with van der Waals surface area (Å²) in [5.41, 5.74) is 3.22. The molecule has 0 aliphatic rings. The SMILES string of the molecule is CCNC(=O)CN(CC)Cc1cnc(NN)cn1. The van der Waals surface area contributed by atoms with Crippen LogP contribution in [-0.2, 0) is 11.3 Å². The molecule has 1 rings (SSSR count). The number of nitrogens with two attached hydrogens (primary N) is 1. The van der Waals surface area contributed by atoms with Crippen molar-refractivity contribution in [1.82, 2.24) is 20.2 Å². The summed E-state index contributed by atoms with van der Waals surface area (Å²) in [6.45, 7) is 6.28. The van der Waals surface area contributed by atoms with Gasteiger partial charge in [-0.1, -0.05) is 6.92 Å². The summed E-state index contributed by atoms with van der Waals surface area (Å²) in [5, 5.41) is 2.77. The summed E-state index contributed by atoms with van der Waals surface area (Å²) in [6, 6.07) is 0. The number of carbonyl (C=O) groups excluding carboxylic acids is 1. The van der Waals surface area contributed by atoms with E-state index in [0.717, 1.165) is 12.2 Å². The van der Waals surface area contributed by atoms with E-state index in [1.54, 1.807) is 12.4 Å². The molecule has 1 aromatic heterocycles. The molecule has 0 saturated carbocycles. The Hall–Kier alpha value is -1.73. The van der Waals surface area contributed by atoms with Crippen molar-refractivity contribution in [1.29, 1.82) is 0 Å². The summed E-state index contributed by atoms with van der Waals surface area (Å²) in [7, 11) is 0. The van der Waals surface area contributed by atoms with E-state index in [1.165, 1.54) is 0 Å². The molecule has 1 aromatic rings. The molecule has 1 heterocycles. The summed E-state index contributed by atoms with van der Waals surface area (Å²) < 4.78 is 0. The zero-order valence-electron chi connectivity index (χ0n) is 10.8. The predicted octanol–water partition coefficient (Wildman–Crippen LogP) is -0.280. The van der Waals surface area contributed by atoms with Gasteiger partial charge in [0.25, 0.3) is 0 Å². The van der Waals surface area contributed by atoms with Gasteiger partial charge in [0.15, 0.2) is 5.82 Å². The van der Waals surface area contributed by atoms with Gasteiger partial charge in [0.1, 0.15) is 0 Å². The van der Waals surface area contributed by atoms with Gasteiger partial charge in [-0.05, 0) is 13.5 Å². The van der Waals surface area contributed by atoms with E-state index >= 15 is 0 Å². The average molecular weight is 252 g/mol. The molecule has 1 amide bonds. The smallest absolute Gasteiger partial charge is 0.234 e. The largest absolute Gasteiger partial charge is 0.355 e. The molecule has 0 radical (unpaired) electrons. The summed E-state index contributed by atoms with van der Waals surface area (Å²) in [4.78, 5) is 21.8. The Morgan fingerprint density at radius 3 is 2.67 bits per heavy atom. The molecule has 0 aliphatic heterocycles. The number of hydrogen-bond donors (Lipinski definition) is 3. The highest BCUT2D eigenvalue weighted by atomic mass is 16.2. The first kappa shape index (κ1) is 14.3. The van der Waals surface area contributed by atoms with Crippen molar-refractivity contribution >= 4 is 11.7 Å². The van der Waals surface area contributed by atoms with Gasteiger partial charge in [-0.15, -0.1) is 0 Å². The number of nitrogens with one attached hydrogen (secondary N) is 2. The van der Waals surface area contributed by atoms with E-state index in [2.05, 4.69) is 20.7 Å². The van der Waals surface area contributed by atoms with Crippen LogP contribution in [0.4, 0.5) is 5.82 Å². The maximum Gasteiger partial charge on any atom is 0.234 e. The Morgan fingerprint density at radius 1 is 1.39 bits per heavy atom. The minimum atomic E-state index is 0.0209. The standard InChI is InChI=1S/C11H20N6O/c1-3-13-11(18)8-17(4-2)7-9-5-15-10(16-12)6-14-9/h5-6H,3-4,7-8,12H2,1-2H3,(H,13,18)(H,15,16). The molecule has 0 unspecified atom stereocenters. The lowest BCUT2D eigenvalue weighted by molar-refractivity contribution is -0.122. The summed E-state index contributed by atoms with van der Waals surface area (Å²) >= 11 is 0. The molecule has 0 spiro atoms. The van der Waals surface area contributed by atoms with Gasteiger partial charge < -0.3 is 10.7 Å². The van der Waals surface area contributed by atoms with Crippen LogP contribution in [0.1, 0.15) is 19.5 Å². The van der Waals surface area contributed by atoms with Crippen LogP contribution in [0.15, 0.2) is 12.4 Å². The van der Waals surface area contributed by atoms with E-state index in [0.29, 0.717) is 25.5 Å². The van der Waals surface area contributed by atoms with E-state index in [9.17, 15) is 4.79 Å². The zero-order chi connectivity index (χ0) is 13.4. The second-order valence-electron chi connectivity index (χ2n) is 3.79. The molecule has 0 aromatic carbocycles. The fourth-order valence-corrected chi connectivity index (χ4v) is 1.48. The number of rotatable bonds is 7. The highest BCUT2D eigenvalue weighted by molar-refractivity contribution is 5.77. The normalized spacial score (nSPS) is 10.4. The first-order chi connectivity index (χ1) is 8.69. The van der Waals surface area contributed by atoms with Crippen molar-refractivity contribution in [2.24, 2.45) is 5.84 Å². The van der Waals surface area contributed by atoms with Crippen LogP contribution in [0, 0.1) is 0 Å². The number of amides is 1. The summed E-state index contributed by atoms with van der Waals surface area (Å²) in [6.07, 6.45) is 3.21. The van der Waals surface area contributed by atoms with Crippen LogP contribution < -0.4 is 16.6 Å². The van der Waals surface area contributed by atoms with Crippen LogP contribution in [-0.4, -0.2) is 40.4 Å². The maximum absolute atomic E-state index is 11.5. The Kier molecular flexibility index (Phi) is 6.03. The van der Waals surface area contributed by atoms with Crippen molar-refractivity contribution in [3.05, 3.63) is 18.1 Å². The van der Waals surface area contributed by atoms with Gasteiger partial charge in [-0.3, -0.25) is 14.7 Å². The minimum absolute atomic E-state index is 0.0209. The number of aromatic nitrogens is 2. The number of nitrogens with zero attached hydrogens (tertiary/aromatic N) is 3. The number of hydrogen-bond acceptors (Lipinski definition) is 6. The van der Waals surface area contributed by atoms with Crippen molar-refractivity contribution in [3.63, 3.8) is 0 Å². The molecular formula is C11H20N6O. The number of likely N-dealkylation sites (N-methyl/N-ethyl adjacent to an activating group) is 2. The first-order valence-electron chi connectivity index (χ1n) is 5.96. The van der Waals surface area contributed by atoms with Gasteiger partial charge in [0.2, 0.25) is 5.91 Å². The third-order valence-corrected chi connectivity index (χ3v) is 2.43. The number of anilines is 1. The number of hydrazine groups is 1. The Morgan fingerprint density at radius 2 is 2.17 bits per heavy atom. The second-order valence-corrected chi connectivity index (χ2v) is 3.79. The Labute approximate surface area is 107 Å². The summed E-state index contributed by atoms with van der Waals surface area (Å²) in [5.74, 6) is 5.75. The van der Waals surface area contributed by atoms with Crippen molar-refractivity contribution in [3.8, 4) is 0 Å². The van der Waals surface area contributed by atoms with Crippen LogP contribution >= 0.6 is 0 Å². The van der Waals surface area contributed by atoms with Gasteiger partial charge >= 0.3 is 0 Å². The molecule has 18 heavy (non-hydrogen) atoms. The third kappa shape index (κ3) is 4.64. The van der Waals surface area contributed by atoms with E-state index < -0.39 is 0 Å². The average Bonchev–Trinajstić information content (AvgIpc) is 2.39. The first-order valence-corrected chi connectivity index (χ1v) is 5.96. The highest BCUT2D eigenvalue weighted by Crippen LogP contribution is 2.02. The zero-order valence-corrected chi connectivity index (χ0v) is 10.8. The van der Waals surface area contributed by atoms with Gasteiger partial charge in [-0.25, -0.2) is 10.8 Å². The van der Waals surface area contributed by atoms with Crippen molar-refractivity contribution in [2.45, 2.75) is 20.4 Å². The molecule has 0 bridgehead atoms. The quantitative estimate of drug-likeness (QED) is 0.456. The van der Waals surface area contributed by atoms with Crippen LogP contribution in [0.25, 0.3) is 0 Å². The fraction of sp³-hybridized carbons (Fsp3) is 0.545. The number of carbonyl (C=O) groups is 1. The van der Waals surface area contributed by atoms with Gasteiger partial charge in [-0.2, -0.15) is 0 Å². The molecule has 0 atom stereocenters. The Bertz CT molecular complexity index is 366. The Balaban J connectivity index is 2.53. The molecule has 100 valence electrons. The molecule has 4 N–H and O–H groups in total. The maximum atomic E-state index is 11.5. The topological polar surface area (TPSA) is 96.2 Å². The van der Waals surface area contributed by atoms with Crippen LogP contribution in [0.5, 0.6) is 0 Å². The lowest BCUT2D eigenvalue weighted by Gasteiger charge is -2.19. The predicted molar refractivity (Wildman–Crippen MR) is 69.5 cm³/mol. The van der Waals surface area contributed by atoms with E-state index in [1.807, 2.05) is 18.7 Å². The monoisotopic (exact) mass is 252 g/mol. The third-order valence-electron chi connectivity index (χ3n) is 2.43. The molecule has 0 saturated heterocycles. The van der Waals surface area contributed by atoms with E-state index in [-0.39, 0.29) is 5.91 Å². The van der Waals surface area contributed by atoms with Crippen molar-refractivity contribution < 1.29 is 4.79 Å². The number of nitrogen functional groups attached to an aromatic ring is 1. The lowest BCUT2D eigenvalue weighted by Crippen LogP contribution is -2.36. The molecule has 7 heteroatoms. The van der Waals surface area contributed by atoms with Crippen LogP contribution in [0.3, 0.4) is 0 Å². The van der Waals surface area contributed by atoms with E-state index in [4.69, 9.17) is 5.84 Å². The minimum Gasteiger partial charge on any atom is -0.355 e. The lowest BCUT2D eigenvalue weighted by atomic mass is 10.3. The van der Waals surface area contributed by atoms with Gasteiger partial charge in [0.05, 0.1) is 24.6 Å². The van der Waals surface area contributed by atoms with Crippen molar-refractivity contribution in [2.75, 3.05) is 25.1 Å². The fourth-order valence-electron chi connectivity index (χ4n) is 1.48. The highest BCUT2D eigenvalue weighted by Gasteiger charge is 2.09. The van der Waals surface area contributed by atoms with Crippen LogP contribution in [0.2, 0.25) is 0 Å². The van der Waals surface area contributed by atoms with Gasteiger partial charge in [0, 0.05) is 13.1 Å². The molecule has 0 fully saturated rings. The second kappa shape index (κ2) is 7.57. The molecular weight excluding hydrogens is 232 g/mol.